The topological polar surface area (TPSA) is 17.1 Å². The summed E-state index contributed by atoms with van der Waals surface area (Å²) in [6.45, 7) is 14.7. The molecule has 4 aliphatic rings. The minimum absolute atomic E-state index is 0.313. The third kappa shape index (κ3) is 3.57. The summed E-state index contributed by atoms with van der Waals surface area (Å²) in [5, 5.41) is 0. The molecular formula is C28H46O. The van der Waals surface area contributed by atoms with Crippen molar-refractivity contribution in [2.24, 2.45) is 52.3 Å². The first-order valence-electron chi connectivity index (χ1n) is 12.9. The second-order valence-corrected chi connectivity index (χ2v) is 12.6. The van der Waals surface area contributed by atoms with Gasteiger partial charge in [-0.05, 0) is 97.4 Å². The Hall–Kier alpha value is -0.590. The first kappa shape index (κ1) is 21.6. The second kappa shape index (κ2) is 7.83. The molecule has 0 amide bonds. The lowest BCUT2D eigenvalue weighted by molar-refractivity contribution is -0.134. The van der Waals surface area contributed by atoms with Gasteiger partial charge in [-0.1, -0.05) is 66.4 Å². The smallest absolute Gasteiger partial charge is 0.159 e. The number of rotatable bonds is 5. The Bertz CT molecular complexity index is 659. The molecule has 0 aliphatic heterocycles. The fraction of sp³-hybridized carbons (Fsp3) is 0.893. The minimum atomic E-state index is 0.313. The van der Waals surface area contributed by atoms with Gasteiger partial charge >= 0.3 is 0 Å². The molecule has 0 N–H and O–H groups in total. The van der Waals surface area contributed by atoms with Crippen molar-refractivity contribution in [1.82, 2.24) is 0 Å². The summed E-state index contributed by atoms with van der Waals surface area (Å²) in [4.78, 5) is 13.5. The van der Waals surface area contributed by atoms with E-state index in [0.717, 1.165) is 23.7 Å². The van der Waals surface area contributed by atoms with Crippen molar-refractivity contribution in [2.75, 3.05) is 0 Å². The molecule has 0 aromatic carbocycles. The largest absolute Gasteiger partial charge is 0.295 e. The van der Waals surface area contributed by atoms with Gasteiger partial charge in [0, 0.05) is 5.92 Å². The van der Waals surface area contributed by atoms with Crippen LogP contribution < -0.4 is 0 Å². The summed E-state index contributed by atoms with van der Waals surface area (Å²) in [6, 6.07) is 0. The highest BCUT2D eigenvalue weighted by molar-refractivity contribution is 5.94. The van der Waals surface area contributed by atoms with E-state index in [1.165, 1.54) is 69.8 Å². The fourth-order valence-corrected chi connectivity index (χ4v) is 8.61. The molecular weight excluding hydrogens is 352 g/mol. The molecule has 29 heavy (non-hydrogen) atoms. The highest BCUT2D eigenvalue weighted by Crippen LogP contribution is 2.66. The summed E-state index contributed by atoms with van der Waals surface area (Å²) < 4.78 is 0. The zero-order valence-corrected chi connectivity index (χ0v) is 20.1. The molecule has 3 saturated carbocycles. The first-order valence-corrected chi connectivity index (χ1v) is 12.9. The van der Waals surface area contributed by atoms with E-state index in [1.807, 2.05) is 0 Å². The van der Waals surface area contributed by atoms with Crippen molar-refractivity contribution in [1.29, 1.82) is 0 Å². The molecule has 4 rings (SSSR count). The number of carbonyl (C=O) groups is 1. The molecule has 3 fully saturated rings. The normalized spacial score (nSPS) is 45.4. The Morgan fingerprint density at radius 3 is 2.48 bits per heavy atom. The van der Waals surface area contributed by atoms with E-state index >= 15 is 0 Å². The van der Waals surface area contributed by atoms with E-state index < -0.39 is 0 Å². The Morgan fingerprint density at radius 2 is 1.76 bits per heavy atom. The highest BCUT2D eigenvalue weighted by atomic mass is 16.1. The lowest BCUT2D eigenvalue weighted by Crippen LogP contribution is -2.53. The number of carbonyl (C=O) groups excluding carboxylic acids is 1. The number of allylic oxidation sites excluding steroid dienone is 2. The molecule has 1 heteroatoms. The van der Waals surface area contributed by atoms with Gasteiger partial charge in [-0.2, -0.15) is 0 Å². The molecule has 8 unspecified atom stereocenters. The van der Waals surface area contributed by atoms with Crippen LogP contribution in [0.1, 0.15) is 106 Å². The van der Waals surface area contributed by atoms with Crippen LogP contribution in [0.4, 0.5) is 0 Å². The Kier molecular flexibility index (Phi) is 5.84. The Labute approximate surface area is 180 Å². The monoisotopic (exact) mass is 398 g/mol. The fourth-order valence-electron chi connectivity index (χ4n) is 8.61. The van der Waals surface area contributed by atoms with Crippen molar-refractivity contribution in [3.63, 3.8) is 0 Å². The molecule has 0 aromatic rings. The zero-order chi connectivity index (χ0) is 21.0. The van der Waals surface area contributed by atoms with Gasteiger partial charge in [0.1, 0.15) is 0 Å². The molecule has 0 saturated heterocycles. The first-order chi connectivity index (χ1) is 13.7. The number of ketones is 1. The van der Waals surface area contributed by atoms with Crippen LogP contribution in [0.25, 0.3) is 0 Å². The minimum Gasteiger partial charge on any atom is -0.295 e. The van der Waals surface area contributed by atoms with Gasteiger partial charge in [-0.15, -0.1) is 0 Å². The van der Waals surface area contributed by atoms with Crippen molar-refractivity contribution in [3.8, 4) is 0 Å². The predicted molar refractivity (Wildman–Crippen MR) is 123 cm³/mol. The zero-order valence-electron chi connectivity index (χ0n) is 20.1. The molecule has 0 bridgehead atoms. The summed E-state index contributed by atoms with van der Waals surface area (Å²) >= 11 is 0. The summed E-state index contributed by atoms with van der Waals surface area (Å²) in [7, 11) is 0. The van der Waals surface area contributed by atoms with E-state index in [2.05, 4.69) is 47.6 Å². The van der Waals surface area contributed by atoms with Crippen molar-refractivity contribution in [3.05, 3.63) is 11.6 Å². The lowest BCUT2D eigenvalue weighted by atomic mass is 9.46. The SMILES string of the molecule is CC(C)CCCC(C)C1CCC2C3C(=O)C=C4CC(C)CCC4(C)C3CCC12C. The third-order valence-electron chi connectivity index (χ3n) is 10.4. The standard InChI is InChI=1S/C28H46O/c1-18(2)8-7-9-20(4)22-10-11-23-26-24(13-15-28(22,23)6)27(5)14-12-19(3)16-21(27)17-25(26)29/h17-20,22-24,26H,7-16H2,1-6H3. The summed E-state index contributed by atoms with van der Waals surface area (Å²) in [5.74, 6) is 5.33. The lowest BCUT2D eigenvalue weighted by Gasteiger charge is -2.57. The van der Waals surface area contributed by atoms with Gasteiger partial charge in [0.25, 0.3) is 0 Å². The number of fused-ring (bicyclic) bond motifs is 5. The average molecular weight is 399 g/mol. The van der Waals surface area contributed by atoms with E-state index in [0.29, 0.717) is 34.4 Å². The maximum atomic E-state index is 13.5. The molecule has 8 atom stereocenters. The van der Waals surface area contributed by atoms with Crippen LogP contribution in [-0.2, 0) is 4.79 Å². The van der Waals surface area contributed by atoms with E-state index in [-0.39, 0.29) is 0 Å². The van der Waals surface area contributed by atoms with Crippen LogP contribution in [0.15, 0.2) is 11.6 Å². The number of hydrogen-bond acceptors (Lipinski definition) is 1. The Balaban J connectivity index is 1.54. The molecule has 0 radical (unpaired) electrons. The summed E-state index contributed by atoms with van der Waals surface area (Å²) in [6.07, 6.45) is 15.4. The highest BCUT2D eigenvalue weighted by Gasteiger charge is 2.61. The van der Waals surface area contributed by atoms with Gasteiger partial charge in [-0.25, -0.2) is 0 Å². The van der Waals surface area contributed by atoms with Gasteiger partial charge in [-0.3, -0.25) is 4.79 Å². The quantitative estimate of drug-likeness (QED) is 0.461. The predicted octanol–water partition coefficient (Wildman–Crippen LogP) is 7.84. The van der Waals surface area contributed by atoms with Crippen molar-refractivity contribution in [2.45, 2.75) is 106 Å². The number of hydrogen-bond donors (Lipinski definition) is 0. The van der Waals surface area contributed by atoms with Crippen LogP contribution in [-0.4, -0.2) is 5.78 Å². The molecule has 1 nitrogen and oxygen atoms in total. The van der Waals surface area contributed by atoms with Gasteiger partial charge in [0.2, 0.25) is 0 Å². The van der Waals surface area contributed by atoms with Crippen molar-refractivity contribution >= 4 is 5.78 Å². The van der Waals surface area contributed by atoms with E-state index in [1.54, 1.807) is 0 Å². The van der Waals surface area contributed by atoms with Crippen LogP contribution in [0, 0.1) is 52.3 Å². The van der Waals surface area contributed by atoms with Gasteiger partial charge in [0.15, 0.2) is 5.78 Å². The molecule has 0 aromatic heterocycles. The third-order valence-corrected chi connectivity index (χ3v) is 10.4. The second-order valence-electron chi connectivity index (χ2n) is 12.6. The molecule has 0 spiro atoms. The molecule has 4 aliphatic carbocycles. The van der Waals surface area contributed by atoms with Gasteiger partial charge in [0.05, 0.1) is 0 Å². The Morgan fingerprint density at radius 1 is 1.00 bits per heavy atom. The summed E-state index contributed by atoms with van der Waals surface area (Å²) in [5.41, 5.74) is 2.23. The van der Waals surface area contributed by atoms with Crippen LogP contribution in [0.2, 0.25) is 0 Å². The van der Waals surface area contributed by atoms with Crippen LogP contribution in [0.5, 0.6) is 0 Å². The molecule has 164 valence electrons. The maximum absolute atomic E-state index is 13.5. The average Bonchev–Trinajstić information content (AvgIpc) is 3.00. The van der Waals surface area contributed by atoms with Crippen LogP contribution >= 0.6 is 0 Å². The van der Waals surface area contributed by atoms with Crippen molar-refractivity contribution < 1.29 is 4.79 Å². The van der Waals surface area contributed by atoms with E-state index in [4.69, 9.17) is 0 Å². The maximum Gasteiger partial charge on any atom is 0.159 e. The van der Waals surface area contributed by atoms with Crippen LogP contribution in [0.3, 0.4) is 0 Å². The van der Waals surface area contributed by atoms with Gasteiger partial charge < -0.3 is 0 Å². The van der Waals surface area contributed by atoms with E-state index in [9.17, 15) is 4.79 Å². The molecule has 0 heterocycles.